The summed E-state index contributed by atoms with van der Waals surface area (Å²) in [6.07, 6.45) is 2.03. The molecule has 3 aromatic rings. The first-order chi connectivity index (χ1) is 14.1. The predicted molar refractivity (Wildman–Crippen MR) is 128 cm³/mol. The highest BCUT2D eigenvalue weighted by molar-refractivity contribution is 6.02. The van der Waals surface area contributed by atoms with E-state index in [1.165, 1.54) is 33.4 Å². The second-order valence-corrected chi connectivity index (χ2v) is 8.45. The fourth-order valence-electron chi connectivity index (χ4n) is 4.12. The van der Waals surface area contributed by atoms with Gasteiger partial charge in [0.1, 0.15) is 5.69 Å². The van der Waals surface area contributed by atoms with Gasteiger partial charge >= 0.3 is 0 Å². The second-order valence-electron chi connectivity index (χ2n) is 8.45. The van der Waals surface area contributed by atoms with E-state index in [4.69, 9.17) is 15.0 Å². The summed E-state index contributed by atoms with van der Waals surface area (Å²) < 4.78 is 2.03. The molecule has 0 spiro atoms. The summed E-state index contributed by atoms with van der Waals surface area (Å²) in [5.41, 5.74) is 12.0. The Bertz CT molecular complexity index is 1130. The van der Waals surface area contributed by atoms with E-state index in [2.05, 4.69) is 65.8 Å². The number of nitrogens with zero attached hydrogens (tertiary/aromatic N) is 4. The Kier molecular flexibility index (Phi) is 6.06. The third-order valence-corrected chi connectivity index (χ3v) is 5.40. The Labute approximate surface area is 180 Å². The Morgan fingerprint density at radius 3 is 1.53 bits per heavy atom. The number of imidazole rings is 1. The maximum atomic E-state index is 4.92. The van der Waals surface area contributed by atoms with Crippen LogP contribution in [0.2, 0.25) is 0 Å². The summed E-state index contributed by atoms with van der Waals surface area (Å²) in [5.74, 6) is 0.858. The van der Waals surface area contributed by atoms with Crippen LogP contribution in [0.3, 0.4) is 0 Å². The fourth-order valence-corrected chi connectivity index (χ4v) is 4.12. The molecule has 0 radical (unpaired) electrons. The number of rotatable bonds is 4. The minimum absolute atomic E-state index is 0.858. The second kappa shape index (κ2) is 8.39. The first-order valence-corrected chi connectivity index (χ1v) is 10.4. The van der Waals surface area contributed by atoms with Crippen molar-refractivity contribution >= 4 is 22.8 Å². The zero-order chi connectivity index (χ0) is 22.2. The highest BCUT2D eigenvalue weighted by Crippen LogP contribution is 2.27. The Hall–Kier alpha value is -3.01. The maximum Gasteiger partial charge on any atom is 0.154 e. The molecular weight excluding hydrogens is 368 g/mol. The van der Waals surface area contributed by atoms with Gasteiger partial charge in [0, 0.05) is 13.2 Å². The Balaban J connectivity index is 2.00. The monoisotopic (exact) mass is 400 g/mol. The minimum atomic E-state index is 0.858. The molecule has 0 saturated carbocycles. The van der Waals surface area contributed by atoms with Crippen LogP contribution < -0.4 is 0 Å². The van der Waals surface area contributed by atoms with Crippen molar-refractivity contribution < 1.29 is 0 Å². The van der Waals surface area contributed by atoms with Crippen LogP contribution in [-0.2, 0) is 7.05 Å². The standard InChI is InChI=1S/C26H32N4/c1-15-10-17(3)24(18(4)11-15)27-21(7)23-14-30(9)26(29-23)22(8)28-25-19(5)12-16(2)13-20(25)6/h10-14H,1-9H3/b27-21+,28-22+. The number of benzene rings is 2. The fraction of sp³-hybridized carbons (Fsp3) is 0.346. The SMILES string of the molecule is C/C(=N\c1c(C)cc(C)cc1C)c1cn(C)c(/C(C)=N/c2c(C)cc(C)cc2C)n1. The van der Waals surface area contributed by atoms with Crippen LogP contribution in [0, 0.1) is 41.5 Å². The van der Waals surface area contributed by atoms with Crippen LogP contribution in [0.4, 0.5) is 11.4 Å². The Morgan fingerprint density at radius 2 is 1.10 bits per heavy atom. The van der Waals surface area contributed by atoms with Crippen molar-refractivity contribution in [2.24, 2.45) is 17.0 Å². The predicted octanol–water partition coefficient (Wildman–Crippen LogP) is 6.55. The molecule has 0 saturated heterocycles. The van der Waals surface area contributed by atoms with Crippen molar-refractivity contribution in [3.05, 3.63) is 75.4 Å². The molecule has 0 aliphatic rings. The molecule has 0 atom stereocenters. The summed E-state index contributed by atoms with van der Waals surface area (Å²) in [5, 5.41) is 0. The van der Waals surface area contributed by atoms with Crippen LogP contribution >= 0.6 is 0 Å². The van der Waals surface area contributed by atoms with Crippen LogP contribution in [0.15, 0.2) is 40.4 Å². The van der Waals surface area contributed by atoms with Crippen molar-refractivity contribution in [2.75, 3.05) is 0 Å². The van der Waals surface area contributed by atoms with Gasteiger partial charge in [0.2, 0.25) is 0 Å². The minimum Gasteiger partial charge on any atom is -0.332 e. The molecule has 0 fully saturated rings. The average Bonchev–Trinajstić information content (AvgIpc) is 3.02. The third-order valence-electron chi connectivity index (χ3n) is 5.40. The van der Waals surface area contributed by atoms with E-state index in [1.54, 1.807) is 0 Å². The largest absolute Gasteiger partial charge is 0.332 e. The van der Waals surface area contributed by atoms with E-state index in [9.17, 15) is 0 Å². The molecule has 0 bridgehead atoms. The lowest BCUT2D eigenvalue weighted by Gasteiger charge is -2.08. The summed E-state index contributed by atoms with van der Waals surface area (Å²) >= 11 is 0. The van der Waals surface area contributed by atoms with Gasteiger partial charge in [0.15, 0.2) is 5.82 Å². The third kappa shape index (κ3) is 4.43. The summed E-state index contributed by atoms with van der Waals surface area (Å²) in [6, 6.07) is 8.69. The van der Waals surface area contributed by atoms with E-state index >= 15 is 0 Å². The van der Waals surface area contributed by atoms with Crippen LogP contribution in [0.25, 0.3) is 0 Å². The van der Waals surface area contributed by atoms with E-state index in [1.807, 2.05) is 31.7 Å². The number of aliphatic imine (C=N–C) groups is 2. The van der Waals surface area contributed by atoms with Gasteiger partial charge in [-0.3, -0.25) is 4.99 Å². The van der Waals surface area contributed by atoms with Crippen LogP contribution in [-0.4, -0.2) is 21.0 Å². The summed E-state index contributed by atoms with van der Waals surface area (Å²) in [4.78, 5) is 14.7. The molecule has 1 heterocycles. The van der Waals surface area contributed by atoms with Crippen molar-refractivity contribution in [1.82, 2.24) is 9.55 Å². The molecule has 1 aromatic heterocycles. The van der Waals surface area contributed by atoms with Crippen LogP contribution in [0.5, 0.6) is 0 Å². The van der Waals surface area contributed by atoms with Gasteiger partial charge in [0.05, 0.1) is 22.8 Å². The molecule has 2 aromatic carbocycles. The normalized spacial score (nSPS) is 12.6. The molecule has 0 N–H and O–H groups in total. The van der Waals surface area contributed by atoms with E-state index in [0.717, 1.165) is 34.3 Å². The lowest BCUT2D eigenvalue weighted by atomic mass is 10.1. The zero-order valence-electron chi connectivity index (χ0n) is 19.7. The molecule has 156 valence electrons. The van der Waals surface area contributed by atoms with Crippen molar-refractivity contribution in [3.8, 4) is 0 Å². The first-order valence-electron chi connectivity index (χ1n) is 10.4. The lowest BCUT2D eigenvalue weighted by Crippen LogP contribution is -2.04. The lowest BCUT2D eigenvalue weighted by molar-refractivity contribution is 0.896. The van der Waals surface area contributed by atoms with Crippen LogP contribution in [0.1, 0.15) is 58.7 Å². The van der Waals surface area contributed by atoms with Gasteiger partial charge in [-0.15, -0.1) is 0 Å². The number of hydrogen-bond acceptors (Lipinski definition) is 3. The van der Waals surface area contributed by atoms with Crippen molar-refractivity contribution in [2.45, 2.75) is 55.4 Å². The van der Waals surface area contributed by atoms with E-state index in [0.29, 0.717) is 0 Å². The summed E-state index contributed by atoms with van der Waals surface area (Å²) in [7, 11) is 2.01. The maximum absolute atomic E-state index is 4.92. The van der Waals surface area contributed by atoms with Gasteiger partial charge in [-0.2, -0.15) is 0 Å². The molecule has 0 amide bonds. The molecule has 0 aliphatic carbocycles. The van der Waals surface area contributed by atoms with Gasteiger partial charge in [-0.25, -0.2) is 9.98 Å². The summed E-state index contributed by atoms with van der Waals surface area (Å²) in [6.45, 7) is 16.7. The van der Waals surface area contributed by atoms with Gasteiger partial charge < -0.3 is 4.57 Å². The van der Waals surface area contributed by atoms with Gasteiger partial charge in [0.25, 0.3) is 0 Å². The van der Waals surface area contributed by atoms with Crippen molar-refractivity contribution in [3.63, 3.8) is 0 Å². The molecule has 0 unspecified atom stereocenters. The molecule has 30 heavy (non-hydrogen) atoms. The molecule has 4 nitrogen and oxygen atoms in total. The molecule has 3 rings (SSSR count). The Morgan fingerprint density at radius 1 is 0.700 bits per heavy atom. The van der Waals surface area contributed by atoms with Gasteiger partial charge in [-0.05, 0) is 77.6 Å². The van der Waals surface area contributed by atoms with Gasteiger partial charge in [-0.1, -0.05) is 35.4 Å². The average molecular weight is 401 g/mol. The first kappa shape index (κ1) is 21.7. The zero-order valence-corrected chi connectivity index (χ0v) is 19.7. The highest BCUT2D eigenvalue weighted by atomic mass is 15.1. The van der Waals surface area contributed by atoms with E-state index < -0.39 is 0 Å². The number of aromatic nitrogens is 2. The van der Waals surface area contributed by atoms with E-state index in [-0.39, 0.29) is 0 Å². The number of hydrogen-bond donors (Lipinski definition) is 0. The molecule has 0 aliphatic heterocycles. The van der Waals surface area contributed by atoms with Crippen molar-refractivity contribution in [1.29, 1.82) is 0 Å². The number of aryl methyl sites for hydroxylation is 7. The molecular formula is C26H32N4. The topological polar surface area (TPSA) is 42.5 Å². The molecule has 4 heteroatoms. The highest BCUT2D eigenvalue weighted by Gasteiger charge is 2.13. The quantitative estimate of drug-likeness (QED) is 0.458. The smallest absolute Gasteiger partial charge is 0.154 e.